The van der Waals surface area contributed by atoms with Crippen LogP contribution in [0.4, 0.5) is 4.39 Å². The van der Waals surface area contributed by atoms with E-state index in [1.54, 1.807) is 0 Å². The summed E-state index contributed by atoms with van der Waals surface area (Å²) in [7, 11) is -6.23. The zero-order valence-electron chi connectivity index (χ0n) is 9.87. The molecule has 0 aliphatic rings. The summed E-state index contributed by atoms with van der Waals surface area (Å²) < 4.78 is 59.8. The molecular weight excluding hydrogens is 283 g/mol. The van der Waals surface area contributed by atoms with E-state index in [2.05, 4.69) is 4.98 Å². The fraction of sp³-hybridized carbons (Fsp3) is 0.444. The van der Waals surface area contributed by atoms with Crippen LogP contribution in [0.5, 0.6) is 0 Å². The number of halogens is 1. The van der Waals surface area contributed by atoms with Gasteiger partial charge >= 0.3 is 0 Å². The number of sulfone groups is 1. The lowest BCUT2D eigenvalue weighted by Crippen LogP contribution is -2.32. The summed E-state index contributed by atoms with van der Waals surface area (Å²) in [6.45, 7) is -0.253. The van der Waals surface area contributed by atoms with Gasteiger partial charge in [0.25, 0.3) is 10.0 Å². The maximum absolute atomic E-state index is 13.3. The number of sulfonamides is 1. The summed E-state index contributed by atoms with van der Waals surface area (Å²) in [5, 5.41) is -0.707. The van der Waals surface area contributed by atoms with Gasteiger partial charge in [-0.3, -0.25) is 0 Å². The third-order valence-electron chi connectivity index (χ3n) is 2.16. The normalized spacial score (nSPS) is 12.9. The maximum Gasteiger partial charge on any atom is 0.263 e. The summed E-state index contributed by atoms with van der Waals surface area (Å²) in [5.74, 6) is -1.30. The van der Waals surface area contributed by atoms with Crippen molar-refractivity contribution in [1.82, 2.24) is 9.29 Å². The quantitative estimate of drug-likeness (QED) is 0.756. The first-order valence-corrected chi connectivity index (χ1v) is 8.39. The van der Waals surface area contributed by atoms with Gasteiger partial charge < -0.3 is 0 Å². The Balaban J connectivity index is 2.98. The van der Waals surface area contributed by atoms with Gasteiger partial charge in [0.1, 0.15) is 9.84 Å². The van der Waals surface area contributed by atoms with Crippen molar-refractivity contribution in [2.45, 2.75) is 5.03 Å². The molecule has 1 aromatic heterocycles. The minimum atomic E-state index is -4.11. The first-order valence-electron chi connectivity index (χ1n) is 4.89. The van der Waals surface area contributed by atoms with E-state index in [1.165, 1.54) is 13.1 Å². The average Bonchev–Trinajstić information content (AvgIpc) is 2.25. The molecule has 9 heteroatoms. The van der Waals surface area contributed by atoms with Crippen LogP contribution in [0.2, 0.25) is 0 Å². The number of aromatic nitrogens is 1. The highest BCUT2D eigenvalue weighted by Crippen LogP contribution is 2.14. The summed E-state index contributed by atoms with van der Waals surface area (Å²) in [5.41, 5.74) is 0. The standard InChI is InChI=1S/C9H13FN2O4S2/c1-12(6-7-17(2,13)14)18(15,16)9-8(10)4-3-5-11-9/h3-5H,6-7H2,1-2H3. The molecule has 0 unspecified atom stereocenters. The van der Waals surface area contributed by atoms with Crippen LogP contribution in [-0.2, 0) is 19.9 Å². The van der Waals surface area contributed by atoms with Crippen molar-refractivity contribution < 1.29 is 21.2 Å². The fourth-order valence-electron chi connectivity index (χ4n) is 1.12. The van der Waals surface area contributed by atoms with Gasteiger partial charge in [-0.15, -0.1) is 0 Å². The van der Waals surface area contributed by atoms with Crippen LogP contribution in [0.1, 0.15) is 0 Å². The summed E-state index contributed by atoms with van der Waals surface area (Å²) in [6.07, 6.45) is 2.15. The van der Waals surface area contributed by atoms with Crippen LogP contribution in [0.3, 0.4) is 0 Å². The molecule has 1 heterocycles. The average molecular weight is 296 g/mol. The van der Waals surface area contributed by atoms with Crippen LogP contribution in [-0.4, -0.2) is 51.7 Å². The molecule has 102 valence electrons. The number of hydrogen-bond acceptors (Lipinski definition) is 5. The molecule has 0 N–H and O–H groups in total. The van der Waals surface area contributed by atoms with Crippen LogP contribution in [0.15, 0.2) is 23.4 Å². The van der Waals surface area contributed by atoms with E-state index in [1.807, 2.05) is 0 Å². The van der Waals surface area contributed by atoms with Crippen molar-refractivity contribution in [3.63, 3.8) is 0 Å². The molecule has 1 aromatic rings. The predicted octanol–water partition coefficient (Wildman–Crippen LogP) is -0.114. The fourth-order valence-corrected chi connectivity index (χ4v) is 2.98. The monoisotopic (exact) mass is 296 g/mol. The lowest BCUT2D eigenvalue weighted by molar-refractivity contribution is 0.471. The van der Waals surface area contributed by atoms with Gasteiger partial charge in [0.2, 0.25) is 5.03 Å². The molecule has 0 aromatic carbocycles. The first kappa shape index (κ1) is 15.0. The molecule has 0 bridgehead atoms. The highest BCUT2D eigenvalue weighted by Gasteiger charge is 2.26. The highest BCUT2D eigenvalue weighted by molar-refractivity contribution is 7.91. The van der Waals surface area contributed by atoms with Gasteiger partial charge in [-0.1, -0.05) is 0 Å². The lowest BCUT2D eigenvalue weighted by atomic mass is 10.5. The minimum absolute atomic E-state index is 0.253. The molecule has 0 fully saturated rings. The van der Waals surface area contributed by atoms with E-state index in [0.29, 0.717) is 0 Å². The third-order valence-corrected chi connectivity index (χ3v) is 4.87. The van der Waals surface area contributed by atoms with Gasteiger partial charge in [-0.2, -0.15) is 4.31 Å². The third kappa shape index (κ3) is 3.72. The Morgan fingerprint density at radius 3 is 2.44 bits per heavy atom. The Hall–Kier alpha value is -1.06. The molecular formula is C9H13FN2O4S2. The van der Waals surface area contributed by atoms with Crippen LogP contribution < -0.4 is 0 Å². The van der Waals surface area contributed by atoms with Gasteiger partial charge in [0.05, 0.1) is 5.75 Å². The zero-order chi connectivity index (χ0) is 14.0. The molecule has 0 saturated carbocycles. The van der Waals surface area contributed by atoms with E-state index in [-0.39, 0.29) is 12.3 Å². The second kappa shape index (κ2) is 5.29. The molecule has 0 saturated heterocycles. The molecule has 0 aliphatic heterocycles. The van der Waals surface area contributed by atoms with Gasteiger partial charge in [0, 0.05) is 26.0 Å². The smallest absolute Gasteiger partial charge is 0.241 e. The Labute approximate surface area is 105 Å². The number of nitrogens with zero attached hydrogens (tertiary/aromatic N) is 2. The molecule has 0 radical (unpaired) electrons. The molecule has 1 rings (SSSR count). The lowest BCUT2D eigenvalue weighted by Gasteiger charge is -2.16. The van der Waals surface area contributed by atoms with E-state index in [0.717, 1.165) is 22.8 Å². The summed E-state index contributed by atoms with van der Waals surface area (Å²) in [6, 6.07) is 2.25. The second-order valence-electron chi connectivity index (χ2n) is 3.75. The first-order chi connectivity index (χ1) is 8.14. The van der Waals surface area contributed by atoms with E-state index < -0.39 is 30.7 Å². The Morgan fingerprint density at radius 1 is 1.33 bits per heavy atom. The molecule has 18 heavy (non-hydrogen) atoms. The Kier molecular flexibility index (Phi) is 4.41. The van der Waals surface area contributed by atoms with E-state index in [4.69, 9.17) is 0 Å². The van der Waals surface area contributed by atoms with Crippen molar-refractivity contribution in [2.24, 2.45) is 0 Å². The largest absolute Gasteiger partial charge is 0.263 e. The molecule has 0 aliphatic carbocycles. The van der Waals surface area contributed by atoms with E-state index >= 15 is 0 Å². The summed E-state index contributed by atoms with van der Waals surface area (Å²) >= 11 is 0. The molecule has 0 spiro atoms. The number of rotatable bonds is 5. The molecule has 0 atom stereocenters. The second-order valence-corrected chi connectivity index (χ2v) is 7.97. The van der Waals surface area contributed by atoms with Crippen LogP contribution in [0.25, 0.3) is 0 Å². The summed E-state index contributed by atoms with van der Waals surface area (Å²) in [4.78, 5) is 3.46. The zero-order valence-corrected chi connectivity index (χ0v) is 11.5. The molecule has 6 nitrogen and oxygen atoms in total. The number of pyridine rings is 1. The van der Waals surface area contributed by atoms with Crippen molar-refractivity contribution in [2.75, 3.05) is 25.6 Å². The maximum atomic E-state index is 13.3. The van der Waals surface area contributed by atoms with Crippen LogP contribution >= 0.6 is 0 Å². The topological polar surface area (TPSA) is 84.4 Å². The van der Waals surface area contributed by atoms with E-state index in [9.17, 15) is 21.2 Å². The van der Waals surface area contributed by atoms with Gasteiger partial charge in [0.15, 0.2) is 5.82 Å². The van der Waals surface area contributed by atoms with Crippen molar-refractivity contribution in [1.29, 1.82) is 0 Å². The molecule has 0 amide bonds. The van der Waals surface area contributed by atoms with Crippen molar-refractivity contribution >= 4 is 19.9 Å². The SMILES string of the molecule is CN(CCS(C)(=O)=O)S(=O)(=O)c1ncccc1F. The van der Waals surface area contributed by atoms with Gasteiger partial charge in [-0.05, 0) is 12.1 Å². The predicted molar refractivity (Wildman–Crippen MR) is 63.7 cm³/mol. The van der Waals surface area contributed by atoms with Gasteiger partial charge in [-0.25, -0.2) is 26.2 Å². The Bertz CT molecular complexity index is 628. The minimum Gasteiger partial charge on any atom is -0.241 e. The van der Waals surface area contributed by atoms with Crippen LogP contribution in [0, 0.1) is 5.82 Å². The highest BCUT2D eigenvalue weighted by atomic mass is 32.2. The van der Waals surface area contributed by atoms with Crippen molar-refractivity contribution in [3.05, 3.63) is 24.1 Å². The number of hydrogen-bond donors (Lipinski definition) is 0. The van der Waals surface area contributed by atoms with Crippen molar-refractivity contribution in [3.8, 4) is 0 Å². The Morgan fingerprint density at radius 2 is 1.94 bits per heavy atom.